The summed E-state index contributed by atoms with van der Waals surface area (Å²) in [6.45, 7) is 8.74. The van der Waals surface area contributed by atoms with Crippen LogP contribution in [-0.2, 0) is 4.79 Å². The molecule has 0 aliphatic rings. The molecule has 4 rings (SSSR count). The van der Waals surface area contributed by atoms with Gasteiger partial charge >= 0.3 is 0 Å². The third-order valence-corrected chi connectivity index (χ3v) is 6.17. The first kappa shape index (κ1) is 21.0. The molecule has 2 aromatic carbocycles. The van der Waals surface area contributed by atoms with Crippen molar-refractivity contribution in [1.29, 1.82) is 0 Å². The molecule has 0 aliphatic heterocycles. The zero-order chi connectivity index (χ0) is 22.0. The predicted octanol–water partition coefficient (Wildman–Crippen LogP) is 6.03. The molecule has 158 valence electrons. The van der Waals surface area contributed by atoms with Crippen molar-refractivity contribution in [2.45, 2.75) is 34.1 Å². The van der Waals surface area contributed by atoms with Gasteiger partial charge in [0.15, 0.2) is 0 Å². The number of aryl methyl sites for hydroxylation is 4. The summed E-state index contributed by atoms with van der Waals surface area (Å²) in [5.41, 5.74) is 6.64. The summed E-state index contributed by atoms with van der Waals surface area (Å²) in [6.07, 6.45) is 1.93. The lowest BCUT2D eigenvalue weighted by atomic mass is 10.0. The van der Waals surface area contributed by atoms with Gasteiger partial charge in [0.05, 0.1) is 5.39 Å². The third-order valence-electron chi connectivity index (χ3n) is 5.15. The number of hydrogen-bond acceptors (Lipinski definition) is 5. The first-order chi connectivity index (χ1) is 14.9. The Morgan fingerprint density at radius 3 is 2.35 bits per heavy atom. The maximum atomic E-state index is 12.4. The van der Waals surface area contributed by atoms with Crippen molar-refractivity contribution >= 4 is 39.0 Å². The zero-order valence-corrected chi connectivity index (χ0v) is 19.1. The quantitative estimate of drug-likeness (QED) is 0.392. The molecular weight excluding hydrogens is 404 g/mol. The van der Waals surface area contributed by atoms with Crippen LogP contribution < -0.4 is 10.6 Å². The number of aromatic nitrogens is 2. The van der Waals surface area contributed by atoms with E-state index in [-0.39, 0.29) is 5.91 Å². The molecule has 5 nitrogen and oxygen atoms in total. The van der Waals surface area contributed by atoms with Crippen molar-refractivity contribution in [2.24, 2.45) is 0 Å². The lowest BCUT2D eigenvalue weighted by Gasteiger charge is -2.10. The van der Waals surface area contributed by atoms with Gasteiger partial charge in [-0.25, -0.2) is 9.97 Å². The average molecular weight is 431 g/mol. The maximum Gasteiger partial charge on any atom is 0.226 e. The summed E-state index contributed by atoms with van der Waals surface area (Å²) in [7, 11) is 0. The number of amides is 1. The van der Waals surface area contributed by atoms with E-state index in [0.29, 0.717) is 13.0 Å². The smallest absolute Gasteiger partial charge is 0.226 e. The lowest BCUT2D eigenvalue weighted by Crippen LogP contribution is -2.16. The fourth-order valence-corrected chi connectivity index (χ4v) is 4.82. The van der Waals surface area contributed by atoms with Gasteiger partial charge in [0.1, 0.15) is 17.0 Å². The average Bonchev–Trinajstić information content (AvgIpc) is 3.04. The Labute approximate surface area is 186 Å². The molecule has 0 saturated carbocycles. The minimum absolute atomic E-state index is 0.0249. The molecule has 4 aromatic rings. The Morgan fingerprint density at radius 1 is 0.935 bits per heavy atom. The summed E-state index contributed by atoms with van der Waals surface area (Å²) >= 11 is 1.67. The summed E-state index contributed by atoms with van der Waals surface area (Å²) in [6, 6.07) is 14.6. The molecule has 0 unspecified atom stereocenters. The van der Waals surface area contributed by atoms with Gasteiger partial charge in [-0.1, -0.05) is 35.9 Å². The first-order valence-corrected chi connectivity index (χ1v) is 11.2. The summed E-state index contributed by atoms with van der Waals surface area (Å²) in [4.78, 5) is 23.5. The van der Waals surface area contributed by atoms with Gasteiger partial charge in [0.2, 0.25) is 5.91 Å². The molecule has 0 fully saturated rings. The molecule has 0 spiro atoms. The number of carbonyl (C=O) groups excluding carboxylic acids is 1. The summed E-state index contributed by atoms with van der Waals surface area (Å²) in [5.74, 6) is 0.743. The van der Waals surface area contributed by atoms with Crippen LogP contribution >= 0.6 is 11.3 Å². The van der Waals surface area contributed by atoms with E-state index in [1.807, 2.05) is 26.0 Å². The largest absolute Gasteiger partial charge is 0.369 e. The number of fused-ring (bicyclic) bond motifs is 1. The molecule has 0 saturated heterocycles. The normalized spacial score (nSPS) is 11.0. The highest BCUT2D eigenvalue weighted by atomic mass is 32.1. The number of anilines is 2. The Morgan fingerprint density at radius 2 is 1.65 bits per heavy atom. The van der Waals surface area contributed by atoms with E-state index >= 15 is 0 Å². The molecule has 2 aromatic heterocycles. The standard InChI is InChI=1S/C25H26N4OS/c1-15-5-7-19(8-6-15)22-18(4)31-25-23(22)24(27-14-28-25)26-10-9-21(30)29-20-12-16(2)11-17(3)13-20/h5-8,11-14H,9-10H2,1-4H3,(H,29,30)(H,26,27,28). The number of thiophene rings is 1. The minimum atomic E-state index is -0.0249. The van der Waals surface area contributed by atoms with Gasteiger partial charge in [-0.15, -0.1) is 11.3 Å². The molecule has 6 heteroatoms. The van der Waals surface area contributed by atoms with Crippen LogP contribution in [0.15, 0.2) is 48.8 Å². The highest BCUT2D eigenvalue weighted by Gasteiger charge is 2.16. The molecule has 2 heterocycles. The fourth-order valence-electron chi connectivity index (χ4n) is 3.81. The van der Waals surface area contributed by atoms with Crippen LogP contribution in [0.5, 0.6) is 0 Å². The van der Waals surface area contributed by atoms with Crippen LogP contribution in [0.3, 0.4) is 0 Å². The van der Waals surface area contributed by atoms with Gasteiger partial charge in [-0.2, -0.15) is 0 Å². The van der Waals surface area contributed by atoms with E-state index in [4.69, 9.17) is 0 Å². The molecule has 2 N–H and O–H groups in total. The van der Waals surface area contributed by atoms with Crippen molar-refractivity contribution < 1.29 is 4.79 Å². The number of hydrogen-bond donors (Lipinski definition) is 2. The van der Waals surface area contributed by atoms with Crippen molar-refractivity contribution in [2.75, 3.05) is 17.2 Å². The molecule has 0 radical (unpaired) electrons. The van der Waals surface area contributed by atoms with Gasteiger partial charge in [0.25, 0.3) is 0 Å². The Balaban J connectivity index is 1.51. The van der Waals surface area contributed by atoms with Crippen LogP contribution in [-0.4, -0.2) is 22.4 Å². The highest BCUT2D eigenvalue weighted by molar-refractivity contribution is 7.19. The lowest BCUT2D eigenvalue weighted by molar-refractivity contribution is -0.115. The topological polar surface area (TPSA) is 66.9 Å². The van der Waals surface area contributed by atoms with Crippen molar-refractivity contribution in [3.8, 4) is 11.1 Å². The van der Waals surface area contributed by atoms with E-state index < -0.39 is 0 Å². The van der Waals surface area contributed by atoms with Crippen LogP contribution in [0.4, 0.5) is 11.5 Å². The van der Waals surface area contributed by atoms with Gasteiger partial charge in [0, 0.05) is 29.1 Å². The maximum absolute atomic E-state index is 12.4. The van der Waals surface area contributed by atoms with E-state index in [2.05, 4.69) is 64.8 Å². The van der Waals surface area contributed by atoms with E-state index in [1.165, 1.54) is 10.4 Å². The van der Waals surface area contributed by atoms with Crippen LogP contribution in [0.25, 0.3) is 21.3 Å². The second-order valence-electron chi connectivity index (χ2n) is 7.90. The summed E-state index contributed by atoms with van der Waals surface area (Å²) in [5, 5.41) is 7.36. The number of nitrogens with one attached hydrogen (secondary N) is 2. The molecule has 0 aliphatic carbocycles. The van der Waals surface area contributed by atoms with E-state index in [9.17, 15) is 4.79 Å². The fraction of sp³-hybridized carbons (Fsp3) is 0.240. The SMILES string of the molecule is Cc1ccc(-c2c(C)sc3ncnc(NCCC(=O)Nc4cc(C)cc(C)c4)c23)cc1. The van der Waals surface area contributed by atoms with E-state index in [0.717, 1.165) is 44.0 Å². The molecule has 1 amide bonds. The van der Waals surface area contributed by atoms with Gasteiger partial charge in [-0.05, 0) is 56.5 Å². The number of benzene rings is 2. The van der Waals surface area contributed by atoms with Crippen LogP contribution in [0, 0.1) is 27.7 Å². The second kappa shape index (κ2) is 8.86. The minimum Gasteiger partial charge on any atom is -0.369 e. The molecular formula is C25H26N4OS. The second-order valence-corrected chi connectivity index (χ2v) is 9.11. The number of carbonyl (C=O) groups is 1. The highest BCUT2D eigenvalue weighted by Crippen LogP contribution is 2.40. The van der Waals surface area contributed by atoms with Crippen molar-refractivity contribution in [3.63, 3.8) is 0 Å². The monoisotopic (exact) mass is 430 g/mol. The van der Waals surface area contributed by atoms with Crippen molar-refractivity contribution in [1.82, 2.24) is 9.97 Å². The Kier molecular flexibility index (Phi) is 6.00. The van der Waals surface area contributed by atoms with Crippen LogP contribution in [0.2, 0.25) is 0 Å². The van der Waals surface area contributed by atoms with E-state index in [1.54, 1.807) is 17.7 Å². The number of rotatable bonds is 6. The van der Waals surface area contributed by atoms with Gasteiger partial charge in [-0.3, -0.25) is 4.79 Å². The van der Waals surface area contributed by atoms with Gasteiger partial charge < -0.3 is 10.6 Å². The zero-order valence-electron chi connectivity index (χ0n) is 18.2. The Hall–Kier alpha value is -3.25. The third kappa shape index (κ3) is 4.75. The van der Waals surface area contributed by atoms with Crippen LogP contribution in [0.1, 0.15) is 28.0 Å². The number of nitrogens with zero attached hydrogens (tertiary/aromatic N) is 2. The molecule has 0 bridgehead atoms. The Bertz CT molecular complexity index is 1220. The summed E-state index contributed by atoms with van der Waals surface area (Å²) < 4.78 is 0. The predicted molar refractivity (Wildman–Crippen MR) is 130 cm³/mol. The first-order valence-electron chi connectivity index (χ1n) is 10.3. The molecule has 31 heavy (non-hydrogen) atoms. The molecule has 0 atom stereocenters. The van der Waals surface area contributed by atoms with Crippen molar-refractivity contribution in [3.05, 3.63) is 70.4 Å².